The first-order chi connectivity index (χ1) is 6.48. The van der Waals surface area contributed by atoms with E-state index < -0.39 is 11.8 Å². The molecule has 0 aliphatic carbocycles. The van der Waals surface area contributed by atoms with E-state index in [0.29, 0.717) is 23.4 Å². The van der Waals surface area contributed by atoms with Crippen molar-refractivity contribution in [2.45, 2.75) is 32.0 Å². The van der Waals surface area contributed by atoms with Gasteiger partial charge >= 0.3 is 0 Å². The monoisotopic (exact) mass is 195 g/mol. The van der Waals surface area contributed by atoms with Crippen molar-refractivity contribution in [3.8, 4) is 5.75 Å². The molecule has 2 rings (SSSR count). The lowest BCUT2D eigenvalue weighted by Gasteiger charge is -2.34. The zero-order chi connectivity index (χ0) is 10.3. The maximum absolute atomic E-state index is 13.7. The quantitative estimate of drug-likeness (QED) is 0.646. The van der Waals surface area contributed by atoms with Crippen molar-refractivity contribution >= 4 is 5.69 Å². The molecule has 1 aliphatic rings. The number of halogens is 1. The second kappa shape index (κ2) is 2.87. The summed E-state index contributed by atoms with van der Waals surface area (Å²) in [4.78, 5) is 0. The molecule has 0 saturated heterocycles. The second-order valence-corrected chi connectivity index (χ2v) is 4.33. The average Bonchev–Trinajstić information content (AvgIpc) is 2.05. The third-order valence-electron chi connectivity index (χ3n) is 2.43. The molecular weight excluding hydrogens is 181 g/mol. The standard InChI is InChI=1S/C11H14FNO/c1-11(2)6-9(12)8-5-7(13)3-4-10(8)14-11/h3-5,9H,6,13H2,1-2H3. The Hall–Kier alpha value is -1.25. The van der Waals surface area contributed by atoms with Gasteiger partial charge in [0, 0.05) is 17.7 Å². The molecule has 0 amide bonds. The highest BCUT2D eigenvalue weighted by Crippen LogP contribution is 2.42. The summed E-state index contributed by atoms with van der Waals surface area (Å²) in [7, 11) is 0. The summed E-state index contributed by atoms with van der Waals surface area (Å²) in [5.74, 6) is 0.614. The Kier molecular flexibility index (Phi) is 1.91. The Balaban J connectivity index is 2.45. The van der Waals surface area contributed by atoms with Crippen LogP contribution in [0, 0.1) is 0 Å². The Morgan fingerprint density at radius 2 is 2.21 bits per heavy atom. The summed E-state index contributed by atoms with van der Waals surface area (Å²) in [6.07, 6.45) is -0.596. The molecule has 1 aliphatic heterocycles. The lowest BCUT2D eigenvalue weighted by Crippen LogP contribution is -2.33. The lowest BCUT2D eigenvalue weighted by molar-refractivity contribution is 0.0444. The van der Waals surface area contributed by atoms with Gasteiger partial charge in [-0.25, -0.2) is 4.39 Å². The molecule has 0 spiro atoms. The highest BCUT2D eigenvalue weighted by molar-refractivity contribution is 5.49. The molecule has 1 aromatic carbocycles. The fraction of sp³-hybridized carbons (Fsp3) is 0.455. The van der Waals surface area contributed by atoms with Gasteiger partial charge in [-0.3, -0.25) is 0 Å². The number of nitrogens with two attached hydrogens (primary N) is 1. The molecule has 0 saturated carbocycles. The van der Waals surface area contributed by atoms with Crippen LogP contribution in [0.4, 0.5) is 10.1 Å². The van der Waals surface area contributed by atoms with Crippen LogP contribution in [0.2, 0.25) is 0 Å². The van der Waals surface area contributed by atoms with Crippen LogP contribution in [0.3, 0.4) is 0 Å². The maximum atomic E-state index is 13.7. The van der Waals surface area contributed by atoms with Crippen molar-refractivity contribution in [1.29, 1.82) is 0 Å². The molecule has 76 valence electrons. The fourth-order valence-electron chi connectivity index (χ4n) is 1.79. The molecule has 3 heteroatoms. The van der Waals surface area contributed by atoms with E-state index in [1.165, 1.54) is 0 Å². The van der Waals surface area contributed by atoms with E-state index in [1.807, 2.05) is 13.8 Å². The number of anilines is 1. The minimum absolute atomic E-state index is 0.378. The highest BCUT2D eigenvalue weighted by Gasteiger charge is 2.33. The van der Waals surface area contributed by atoms with E-state index in [0.717, 1.165) is 0 Å². The number of benzene rings is 1. The Morgan fingerprint density at radius 1 is 1.50 bits per heavy atom. The third kappa shape index (κ3) is 1.54. The van der Waals surface area contributed by atoms with Crippen molar-refractivity contribution in [2.24, 2.45) is 0 Å². The number of nitrogen functional groups attached to an aromatic ring is 1. The predicted octanol–water partition coefficient (Wildman–Crippen LogP) is 2.84. The summed E-state index contributed by atoms with van der Waals surface area (Å²) in [5.41, 5.74) is 6.31. The van der Waals surface area contributed by atoms with Crippen LogP contribution in [-0.2, 0) is 0 Å². The Morgan fingerprint density at radius 3 is 2.93 bits per heavy atom. The number of rotatable bonds is 0. The molecule has 0 bridgehead atoms. The van der Waals surface area contributed by atoms with Crippen molar-refractivity contribution in [1.82, 2.24) is 0 Å². The van der Waals surface area contributed by atoms with E-state index in [2.05, 4.69) is 0 Å². The van der Waals surface area contributed by atoms with E-state index in [4.69, 9.17) is 10.5 Å². The molecule has 1 heterocycles. The van der Waals surface area contributed by atoms with Gasteiger partial charge in [0.1, 0.15) is 17.5 Å². The predicted molar refractivity (Wildman–Crippen MR) is 54.0 cm³/mol. The average molecular weight is 195 g/mol. The third-order valence-corrected chi connectivity index (χ3v) is 2.43. The van der Waals surface area contributed by atoms with Crippen LogP contribution in [0.1, 0.15) is 32.0 Å². The SMILES string of the molecule is CC1(C)CC(F)c2cc(N)ccc2O1. The smallest absolute Gasteiger partial charge is 0.133 e. The van der Waals surface area contributed by atoms with Gasteiger partial charge in [-0.15, -0.1) is 0 Å². The molecule has 14 heavy (non-hydrogen) atoms. The zero-order valence-corrected chi connectivity index (χ0v) is 8.38. The van der Waals surface area contributed by atoms with Crippen LogP contribution >= 0.6 is 0 Å². The van der Waals surface area contributed by atoms with Gasteiger partial charge in [0.2, 0.25) is 0 Å². The topological polar surface area (TPSA) is 35.2 Å². The van der Waals surface area contributed by atoms with Crippen molar-refractivity contribution in [2.75, 3.05) is 5.73 Å². The van der Waals surface area contributed by atoms with Crippen LogP contribution in [0.25, 0.3) is 0 Å². The first kappa shape index (κ1) is 9.31. The number of hydrogen-bond acceptors (Lipinski definition) is 2. The Bertz CT molecular complexity index is 362. The van der Waals surface area contributed by atoms with E-state index in [1.54, 1.807) is 18.2 Å². The molecule has 0 fully saturated rings. The molecule has 0 radical (unpaired) electrons. The fourth-order valence-corrected chi connectivity index (χ4v) is 1.79. The summed E-state index contributed by atoms with van der Waals surface area (Å²) in [5, 5.41) is 0. The Labute approximate surface area is 82.9 Å². The lowest BCUT2D eigenvalue weighted by atomic mass is 9.92. The number of alkyl halides is 1. The van der Waals surface area contributed by atoms with E-state index >= 15 is 0 Å². The van der Waals surface area contributed by atoms with Crippen LogP contribution < -0.4 is 10.5 Å². The highest BCUT2D eigenvalue weighted by atomic mass is 19.1. The van der Waals surface area contributed by atoms with E-state index in [9.17, 15) is 4.39 Å². The van der Waals surface area contributed by atoms with Gasteiger partial charge in [-0.1, -0.05) is 0 Å². The number of hydrogen-bond donors (Lipinski definition) is 1. The summed E-state index contributed by atoms with van der Waals surface area (Å²) in [6.45, 7) is 3.78. The summed E-state index contributed by atoms with van der Waals surface area (Å²) >= 11 is 0. The molecule has 0 aromatic heterocycles. The number of fused-ring (bicyclic) bond motifs is 1. The number of ether oxygens (including phenoxy) is 1. The summed E-state index contributed by atoms with van der Waals surface area (Å²) < 4.78 is 19.4. The first-order valence-corrected chi connectivity index (χ1v) is 4.70. The van der Waals surface area contributed by atoms with Gasteiger partial charge in [-0.2, -0.15) is 0 Å². The molecule has 1 atom stereocenters. The van der Waals surface area contributed by atoms with E-state index in [-0.39, 0.29) is 0 Å². The molecule has 1 unspecified atom stereocenters. The molecule has 2 nitrogen and oxygen atoms in total. The molecule has 2 N–H and O–H groups in total. The minimum atomic E-state index is -0.975. The van der Waals surface area contributed by atoms with Crippen LogP contribution in [-0.4, -0.2) is 5.60 Å². The molecular formula is C11H14FNO. The summed E-state index contributed by atoms with van der Waals surface area (Å²) in [6, 6.07) is 5.11. The van der Waals surface area contributed by atoms with Crippen LogP contribution in [0.15, 0.2) is 18.2 Å². The van der Waals surface area contributed by atoms with Gasteiger partial charge in [0.25, 0.3) is 0 Å². The second-order valence-electron chi connectivity index (χ2n) is 4.33. The van der Waals surface area contributed by atoms with Crippen LogP contribution in [0.5, 0.6) is 5.75 Å². The zero-order valence-electron chi connectivity index (χ0n) is 8.38. The largest absolute Gasteiger partial charge is 0.487 e. The van der Waals surface area contributed by atoms with Crippen molar-refractivity contribution in [3.05, 3.63) is 23.8 Å². The van der Waals surface area contributed by atoms with Gasteiger partial charge in [0.15, 0.2) is 0 Å². The van der Waals surface area contributed by atoms with Crippen molar-refractivity contribution in [3.63, 3.8) is 0 Å². The molecule has 1 aromatic rings. The van der Waals surface area contributed by atoms with Gasteiger partial charge in [-0.05, 0) is 32.0 Å². The minimum Gasteiger partial charge on any atom is -0.487 e. The normalized spacial score (nSPS) is 23.8. The maximum Gasteiger partial charge on any atom is 0.133 e. The van der Waals surface area contributed by atoms with Crippen molar-refractivity contribution < 1.29 is 9.13 Å². The van der Waals surface area contributed by atoms with Gasteiger partial charge < -0.3 is 10.5 Å². The first-order valence-electron chi connectivity index (χ1n) is 4.70. The van der Waals surface area contributed by atoms with Gasteiger partial charge in [0.05, 0.1) is 0 Å².